The fraction of sp³-hybridized carbons (Fsp3) is 0.917. The summed E-state index contributed by atoms with van der Waals surface area (Å²) >= 11 is 0. The van der Waals surface area contributed by atoms with Crippen molar-refractivity contribution >= 4 is 18.0 Å². The van der Waals surface area contributed by atoms with Gasteiger partial charge < -0.3 is 24.4 Å². The molecular weight excluding hydrogens is 556 g/mol. The third-order valence-electron chi connectivity index (χ3n) is 7.93. The van der Waals surface area contributed by atoms with Crippen LogP contribution < -0.4 is 5.32 Å². The molecule has 0 aromatic heterocycles. The van der Waals surface area contributed by atoms with E-state index in [-0.39, 0.29) is 25.2 Å². The van der Waals surface area contributed by atoms with Crippen LogP contribution in [0.3, 0.4) is 0 Å². The molecule has 1 unspecified atom stereocenters. The molecule has 260 valence electrons. The van der Waals surface area contributed by atoms with Crippen LogP contribution in [0.5, 0.6) is 0 Å². The molecule has 1 atom stereocenters. The number of likely N-dealkylation sites (N-methyl/N-ethyl adjacent to an activating group) is 1. The number of amides is 1. The molecule has 0 saturated heterocycles. The quantitative estimate of drug-likeness (QED) is 0.0452. The molecule has 0 rings (SSSR count). The monoisotopic (exact) mass is 627 g/mol. The molecule has 8 heteroatoms. The minimum Gasteiger partial charge on any atom is -0.462 e. The Kier molecular flexibility index (Phi) is 31.2. The van der Waals surface area contributed by atoms with Gasteiger partial charge in [0.25, 0.3) is 0 Å². The highest BCUT2D eigenvalue weighted by atomic mass is 16.6. The number of carbonyl (C=O) groups excluding carboxylic acids is 3. The van der Waals surface area contributed by atoms with Crippen molar-refractivity contribution < 1.29 is 28.6 Å². The SMILES string of the molecule is CCCCCCCCCCCCCC(=O)OCC(COC(=O)NCCN(C)C)OC(=O)CCCCCCCCCCCCC. The lowest BCUT2D eigenvalue weighted by atomic mass is 10.1. The Morgan fingerprint density at radius 2 is 0.932 bits per heavy atom. The van der Waals surface area contributed by atoms with Gasteiger partial charge in [0, 0.05) is 25.9 Å². The van der Waals surface area contributed by atoms with Gasteiger partial charge in [-0.25, -0.2) is 4.79 Å². The second kappa shape index (κ2) is 32.6. The number of hydrogen-bond donors (Lipinski definition) is 1. The number of esters is 2. The Hall–Kier alpha value is -1.83. The average Bonchev–Trinajstić information content (AvgIpc) is 2.99. The van der Waals surface area contributed by atoms with Crippen molar-refractivity contribution in [3.63, 3.8) is 0 Å². The zero-order valence-electron chi connectivity index (χ0n) is 29.3. The maximum atomic E-state index is 12.5. The largest absolute Gasteiger partial charge is 0.462 e. The van der Waals surface area contributed by atoms with Crippen molar-refractivity contribution in [1.82, 2.24) is 10.2 Å². The predicted octanol–water partition coefficient (Wildman–Crippen LogP) is 9.13. The maximum Gasteiger partial charge on any atom is 0.407 e. The van der Waals surface area contributed by atoms with Crippen molar-refractivity contribution in [2.24, 2.45) is 0 Å². The standard InChI is InChI=1S/C36H70N2O6/c1-5-7-9-11-13-15-17-19-21-23-25-27-34(39)42-31-33(32-43-36(41)37-29-30-38(3)4)44-35(40)28-26-24-22-20-18-16-14-12-10-8-6-2/h33H,5-32H2,1-4H3,(H,37,41). The zero-order chi connectivity index (χ0) is 32.5. The summed E-state index contributed by atoms with van der Waals surface area (Å²) in [6.07, 6.45) is 26.0. The Morgan fingerprint density at radius 1 is 0.545 bits per heavy atom. The summed E-state index contributed by atoms with van der Waals surface area (Å²) in [7, 11) is 3.84. The van der Waals surface area contributed by atoms with Gasteiger partial charge in [0.1, 0.15) is 13.2 Å². The van der Waals surface area contributed by atoms with E-state index in [0.717, 1.165) is 38.5 Å². The number of unbranched alkanes of at least 4 members (excludes halogenated alkanes) is 20. The first-order valence-corrected chi connectivity index (χ1v) is 18.3. The number of ether oxygens (including phenoxy) is 3. The van der Waals surface area contributed by atoms with Crippen LogP contribution in [-0.2, 0) is 23.8 Å². The van der Waals surface area contributed by atoms with Gasteiger partial charge in [0.15, 0.2) is 6.10 Å². The normalized spacial score (nSPS) is 11.8. The van der Waals surface area contributed by atoms with Crippen molar-refractivity contribution in [3.05, 3.63) is 0 Å². The van der Waals surface area contributed by atoms with Crippen LogP contribution >= 0.6 is 0 Å². The zero-order valence-corrected chi connectivity index (χ0v) is 29.3. The predicted molar refractivity (Wildman–Crippen MR) is 181 cm³/mol. The first-order valence-electron chi connectivity index (χ1n) is 18.3. The van der Waals surface area contributed by atoms with Crippen molar-refractivity contribution in [1.29, 1.82) is 0 Å². The number of rotatable bonds is 32. The first kappa shape index (κ1) is 42.2. The molecule has 0 radical (unpaired) electrons. The van der Waals surface area contributed by atoms with Gasteiger partial charge in [-0.15, -0.1) is 0 Å². The number of hydrogen-bond acceptors (Lipinski definition) is 7. The Balaban J connectivity index is 4.24. The third kappa shape index (κ3) is 31.6. The van der Waals surface area contributed by atoms with Crippen LogP contribution in [0, 0.1) is 0 Å². The number of carbonyl (C=O) groups is 3. The molecule has 44 heavy (non-hydrogen) atoms. The average molecular weight is 627 g/mol. The molecule has 8 nitrogen and oxygen atoms in total. The van der Waals surface area contributed by atoms with E-state index in [4.69, 9.17) is 14.2 Å². The van der Waals surface area contributed by atoms with E-state index >= 15 is 0 Å². The number of nitrogens with one attached hydrogen (secondary N) is 1. The molecule has 0 aliphatic heterocycles. The molecule has 0 spiro atoms. The van der Waals surface area contributed by atoms with Gasteiger partial charge >= 0.3 is 18.0 Å². The van der Waals surface area contributed by atoms with Crippen molar-refractivity contribution in [2.75, 3.05) is 40.4 Å². The third-order valence-corrected chi connectivity index (χ3v) is 7.93. The fourth-order valence-corrected chi connectivity index (χ4v) is 5.09. The molecule has 0 aliphatic rings. The smallest absolute Gasteiger partial charge is 0.407 e. The summed E-state index contributed by atoms with van der Waals surface area (Å²) < 4.78 is 16.3. The van der Waals surface area contributed by atoms with E-state index in [0.29, 0.717) is 25.9 Å². The van der Waals surface area contributed by atoms with Gasteiger partial charge in [-0.3, -0.25) is 9.59 Å². The minimum absolute atomic E-state index is 0.105. The summed E-state index contributed by atoms with van der Waals surface area (Å²) in [6, 6.07) is 0. The summed E-state index contributed by atoms with van der Waals surface area (Å²) in [6.45, 7) is 5.36. The van der Waals surface area contributed by atoms with Gasteiger partial charge in [-0.1, -0.05) is 142 Å². The van der Waals surface area contributed by atoms with Crippen molar-refractivity contribution in [2.45, 2.75) is 174 Å². The number of nitrogens with zero attached hydrogens (tertiary/aromatic N) is 1. The molecule has 0 aromatic carbocycles. The van der Waals surface area contributed by atoms with Crippen LogP contribution in [0.4, 0.5) is 4.79 Å². The molecule has 1 amide bonds. The molecule has 0 aromatic rings. The lowest BCUT2D eigenvalue weighted by Crippen LogP contribution is -2.36. The highest BCUT2D eigenvalue weighted by molar-refractivity contribution is 5.70. The van der Waals surface area contributed by atoms with Crippen LogP contribution in [0.15, 0.2) is 0 Å². The second-order valence-corrected chi connectivity index (χ2v) is 12.7. The summed E-state index contributed by atoms with van der Waals surface area (Å²) in [5.74, 6) is -0.647. The van der Waals surface area contributed by atoms with Crippen LogP contribution in [0.2, 0.25) is 0 Å². The first-order chi connectivity index (χ1) is 21.4. The summed E-state index contributed by atoms with van der Waals surface area (Å²) in [5.41, 5.74) is 0. The molecule has 0 aliphatic carbocycles. The van der Waals surface area contributed by atoms with Crippen LogP contribution in [0.1, 0.15) is 168 Å². The van der Waals surface area contributed by atoms with Gasteiger partial charge in [0.05, 0.1) is 0 Å². The van der Waals surface area contributed by atoms with E-state index < -0.39 is 12.2 Å². The lowest BCUT2D eigenvalue weighted by Gasteiger charge is -2.18. The fourth-order valence-electron chi connectivity index (χ4n) is 5.09. The molecule has 0 saturated carbocycles. The second-order valence-electron chi connectivity index (χ2n) is 12.7. The summed E-state index contributed by atoms with van der Waals surface area (Å²) in [4.78, 5) is 38.9. The lowest BCUT2D eigenvalue weighted by molar-refractivity contribution is -0.161. The molecule has 0 fully saturated rings. The van der Waals surface area contributed by atoms with Gasteiger partial charge in [-0.05, 0) is 26.9 Å². The van der Waals surface area contributed by atoms with Crippen LogP contribution in [0.25, 0.3) is 0 Å². The molecule has 0 heterocycles. The number of alkyl carbamates (subject to hydrolysis) is 1. The Morgan fingerprint density at radius 3 is 1.36 bits per heavy atom. The topological polar surface area (TPSA) is 94.2 Å². The Labute approximate surface area is 271 Å². The van der Waals surface area contributed by atoms with E-state index in [1.165, 1.54) is 103 Å². The minimum atomic E-state index is -0.809. The van der Waals surface area contributed by atoms with Gasteiger partial charge in [-0.2, -0.15) is 0 Å². The summed E-state index contributed by atoms with van der Waals surface area (Å²) in [5, 5.41) is 2.68. The molecular formula is C36H70N2O6. The van der Waals surface area contributed by atoms with E-state index in [2.05, 4.69) is 19.2 Å². The maximum absolute atomic E-state index is 12.5. The van der Waals surface area contributed by atoms with E-state index in [1.807, 2.05) is 19.0 Å². The Bertz CT molecular complexity index is 673. The van der Waals surface area contributed by atoms with Crippen molar-refractivity contribution in [3.8, 4) is 0 Å². The molecule has 1 N–H and O–H groups in total. The van der Waals surface area contributed by atoms with Gasteiger partial charge in [0.2, 0.25) is 0 Å². The highest BCUT2D eigenvalue weighted by Gasteiger charge is 2.19. The van der Waals surface area contributed by atoms with E-state index in [9.17, 15) is 14.4 Å². The molecule has 0 bridgehead atoms. The highest BCUT2D eigenvalue weighted by Crippen LogP contribution is 2.14. The van der Waals surface area contributed by atoms with E-state index in [1.54, 1.807) is 0 Å². The van der Waals surface area contributed by atoms with Crippen LogP contribution in [-0.4, -0.2) is 69.4 Å².